The largest absolute Gasteiger partial charge is 0.495 e. The molecule has 1 atom stereocenters. The predicted octanol–water partition coefficient (Wildman–Crippen LogP) is 2.75. The third-order valence-electron chi connectivity index (χ3n) is 4.61. The summed E-state index contributed by atoms with van der Waals surface area (Å²) < 4.78 is 38.5. The fourth-order valence-corrected chi connectivity index (χ4v) is 4.18. The number of likely N-dealkylation sites (N-methyl/N-ethyl adjacent to an activating group) is 1. The second-order valence-corrected chi connectivity index (χ2v) is 8.33. The number of methoxy groups -OCH3 is 1. The Hall–Kier alpha value is -2.58. The highest BCUT2D eigenvalue weighted by Crippen LogP contribution is 2.26. The first-order valence-electron chi connectivity index (χ1n) is 9.03. The number of rotatable bonds is 7. The number of ether oxygens (including phenoxy) is 2. The highest BCUT2D eigenvalue weighted by molar-refractivity contribution is 7.92. The van der Waals surface area contributed by atoms with Crippen LogP contribution in [0.3, 0.4) is 0 Å². The minimum atomic E-state index is -3.80. The molecule has 150 valence electrons. The molecule has 1 heterocycles. The Bertz CT molecular complexity index is 922. The first-order chi connectivity index (χ1) is 13.4. The molecule has 2 aromatic rings. The maximum absolute atomic E-state index is 12.6. The molecule has 1 saturated heterocycles. The van der Waals surface area contributed by atoms with Gasteiger partial charge in [0.2, 0.25) is 0 Å². The van der Waals surface area contributed by atoms with Crippen LogP contribution in [0.25, 0.3) is 0 Å². The highest BCUT2D eigenvalue weighted by Gasteiger charge is 2.22. The Morgan fingerprint density at radius 3 is 2.57 bits per heavy atom. The van der Waals surface area contributed by atoms with Gasteiger partial charge < -0.3 is 14.4 Å². The molecular formula is C20H24N2O5S. The summed E-state index contributed by atoms with van der Waals surface area (Å²) in [5, 5.41) is 0. The maximum atomic E-state index is 12.6. The van der Waals surface area contributed by atoms with Crippen LogP contribution in [0.4, 0.5) is 5.69 Å². The minimum absolute atomic E-state index is 0.0664. The van der Waals surface area contributed by atoms with E-state index in [-0.39, 0.29) is 16.9 Å². The second kappa shape index (κ2) is 8.62. The van der Waals surface area contributed by atoms with Crippen molar-refractivity contribution in [2.45, 2.75) is 23.8 Å². The van der Waals surface area contributed by atoms with Crippen molar-refractivity contribution < 1.29 is 22.7 Å². The van der Waals surface area contributed by atoms with E-state index in [1.165, 1.54) is 31.4 Å². The first kappa shape index (κ1) is 20.2. The SMILES string of the molecule is COc1ccccc1NS(=O)(=O)c1ccc(C(=O)N(C)CC2CCCO2)cc1. The lowest BCUT2D eigenvalue weighted by Crippen LogP contribution is -2.34. The van der Waals surface area contributed by atoms with Gasteiger partial charge in [0, 0.05) is 25.8 Å². The molecule has 0 aliphatic carbocycles. The summed E-state index contributed by atoms with van der Waals surface area (Å²) in [6, 6.07) is 12.6. The molecule has 0 bridgehead atoms. The number of hydrogen-bond acceptors (Lipinski definition) is 5. The third-order valence-corrected chi connectivity index (χ3v) is 5.99. The third kappa shape index (κ3) is 4.63. The summed E-state index contributed by atoms with van der Waals surface area (Å²) in [7, 11) is -0.609. The van der Waals surface area contributed by atoms with Crippen molar-refractivity contribution in [1.29, 1.82) is 0 Å². The zero-order valence-electron chi connectivity index (χ0n) is 15.9. The zero-order chi connectivity index (χ0) is 20.1. The average Bonchev–Trinajstić information content (AvgIpc) is 3.20. The summed E-state index contributed by atoms with van der Waals surface area (Å²) >= 11 is 0. The molecule has 8 heteroatoms. The van der Waals surface area contributed by atoms with E-state index in [2.05, 4.69) is 4.72 Å². The number of hydrogen-bond donors (Lipinski definition) is 1. The van der Waals surface area contributed by atoms with Crippen molar-refractivity contribution in [3.63, 3.8) is 0 Å². The Kier molecular flexibility index (Phi) is 6.21. The number of para-hydroxylation sites is 2. The van der Waals surface area contributed by atoms with E-state index >= 15 is 0 Å². The zero-order valence-corrected chi connectivity index (χ0v) is 16.7. The molecule has 1 unspecified atom stereocenters. The van der Waals surface area contributed by atoms with Crippen LogP contribution >= 0.6 is 0 Å². The Morgan fingerprint density at radius 2 is 1.93 bits per heavy atom. The van der Waals surface area contributed by atoms with Gasteiger partial charge in [-0.15, -0.1) is 0 Å². The fourth-order valence-electron chi connectivity index (χ4n) is 3.11. The molecule has 1 aliphatic heterocycles. The van der Waals surface area contributed by atoms with Crippen molar-refractivity contribution in [1.82, 2.24) is 4.90 Å². The van der Waals surface area contributed by atoms with Gasteiger partial charge in [0.15, 0.2) is 0 Å². The number of carbonyl (C=O) groups is 1. The number of benzene rings is 2. The van der Waals surface area contributed by atoms with E-state index in [0.717, 1.165) is 19.4 Å². The van der Waals surface area contributed by atoms with E-state index in [9.17, 15) is 13.2 Å². The second-order valence-electron chi connectivity index (χ2n) is 6.65. The summed E-state index contributed by atoms with van der Waals surface area (Å²) in [6.45, 7) is 1.26. The lowest BCUT2D eigenvalue weighted by Gasteiger charge is -2.21. The maximum Gasteiger partial charge on any atom is 0.262 e. The van der Waals surface area contributed by atoms with E-state index < -0.39 is 10.0 Å². The van der Waals surface area contributed by atoms with E-state index in [4.69, 9.17) is 9.47 Å². The predicted molar refractivity (Wildman–Crippen MR) is 106 cm³/mol. The van der Waals surface area contributed by atoms with Gasteiger partial charge in [-0.05, 0) is 49.2 Å². The van der Waals surface area contributed by atoms with Crippen LogP contribution in [0.1, 0.15) is 23.2 Å². The number of nitrogens with zero attached hydrogens (tertiary/aromatic N) is 1. The Labute approximate surface area is 165 Å². The molecule has 1 aliphatic rings. The normalized spacial score (nSPS) is 16.6. The van der Waals surface area contributed by atoms with Gasteiger partial charge >= 0.3 is 0 Å². The van der Waals surface area contributed by atoms with Gasteiger partial charge in [0.1, 0.15) is 5.75 Å². The molecule has 1 N–H and O–H groups in total. The van der Waals surface area contributed by atoms with Crippen molar-refractivity contribution in [3.05, 3.63) is 54.1 Å². The summed E-state index contributed by atoms with van der Waals surface area (Å²) in [4.78, 5) is 14.2. The molecule has 1 amide bonds. The van der Waals surface area contributed by atoms with Crippen LogP contribution < -0.4 is 9.46 Å². The number of carbonyl (C=O) groups excluding carboxylic acids is 1. The van der Waals surface area contributed by atoms with Gasteiger partial charge in [0.05, 0.1) is 23.8 Å². The van der Waals surface area contributed by atoms with Crippen molar-refractivity contribution in [3.8, 4) is 5.75 Å². The number of amides is 1. The van der Waals surface area contributed by atoms with Crippen LogP contribution in [-0.4, -0.2) is 52.6 Å². The van der Waals surface area contributed by atoms with Crippen molar-refractivity contribution >= 4 is 21.6 Å². The van der Waals surface area contributed by atoms with Gasteiger partial charge in [-0.25, -0.2) is 8.42 Å². The van der Waals surface area contributed by atoms with Gasteiger partial charge in [-0.1, -0.05) is 12.1 Å². The van der Waals surface area contributed by atoms with Crippen LogP contribution in [0.15, 0.2) is 53.4 Å². The van der Waals surface area contributed by atoms with Gasteiger partial charge in [0.25, 0.3) is 15.9 Å². The molecule has 7 nitrogen and oxygen atoms in total. The first-order valence-corrected chi connectivity index (χ1v) is 10.5. The van der Waals surface area contributed by atoms with Gasteiger partial charge in [-0.2, -0.15) is 0 Å². The molecule has 3 rings (SSSR count). The molecule has 0 radical (unpaired) electrons. The van der Waals surface area contributed by atoms with Crippen molar-refractivity contribution in [2.24, 2.45) is 0 Å². The Morgan fingerprint density at radius 1 is 1.21 bits per heavy atom. The summed E-state index contributed by atoms with van der Waals surface area (Å²) in [6.07, 6.45) is 2.03. The molecule has 0 spiro atoms. The van der Waals surface area contributed by atoms with Crippen LogP contribution in [0, 0.1) is 0 Å². The topological polar surface area (TPSA) is 84.9 Å². The molecule has 28 heavy (non-hydrogen) atoms. The molecule has 2 aromatic carbocycles. The van der Waals surface area contributed by atoms with Gasteiger partial charge in [-0.3, -0.25) is 9.52 Å². The summed E-state index contributed by atoms with van der Waals surface area (Å²) in [5.74, 6) is 0.255. The van der Waals surface area contributed by atoms with E-state index in [1.54, 1.807) is 36.2 Å². The van der Waals surface area contributed by atoms with Crippen molar-refractivity contribution in [2.75, 3.05) is 32.0 Å². The van der Waals surface area contributed by atoms with Crippen LogP contribution in [0.2, 0.25) is 0 Å². The number of sulfonamides is 1. The molecular weight excluding hydrogens is 380 g/mol. The molecule has 0 saturated carbocycles. The van der Waals surface area contributed by atoms with Crippen LogP contribution in [0.5, 0.6) is 5.75 Å². The molecule has 1 fully saturated rings. The quantitative estimate of drug-likeness (QED) is 0.767. The Balaban J connectivity index is 1.71. The molecule has 0 aromatic heterocycles. The van der Waals surface area contributed by atoms with E-state index in [0.29, 0.717) is 23.5 Å². The fraction of sp³-hybridized carbons (Fsp3) is 0.350. The standard InChI is InChI=1S/C20H24N2O5S/c1-22(14-16-6-5-13-27-16)20(23)15-9-11-17(12-10-15)28(24,25)21-18-7-3-4-8-19(18)26-2/h3-4,7-12,16,21H,5-6,13-14H2,1-2H3. The number of nitrogens with one attached hydrogen (secondary N) is 1. The smallest absolute Gasteiger partial charge is 0.262 e. The number of anilines is 1. The minimum Gasteiger partial charge on any atom is -0.495 e. The lowest BCUT2D eigenvalue weighted by molar-refractivity contribution is 0.0587. The lowest BCUT2D eigenvalue weighted by atomic mass is 10.2. The van der Waals surface area contributed by atoms with Crippen LogP contribution in [-0.2, 0) is 14.8 Å². The van der Waals surface area contributed by atoms with E-state index in [1.807, 2.05) is 0 Å². The monoisotopic (exact) mass is 404 g/mol. The average molecular weight is 404 g/mol. The highest BCUT2D eigenvalue weighted by atomic mass is 32.2. The summed E-state index contributed by atoms with van der Waals surface area (Å²) in [5.41, 5.74) is 0.776.